The molecule has 28 heavy (non-hydrogen) atoms. The van der Waals surface area contributed by atoms with E-state index in [2.05, 4.69) is 11.8 Å². The standard InChI is InChI=1S/C26H22O2/c1-17-19(3)24(26(28)25(27)22-13-9-6-10-14-22)20(4)18(2)23(17)16-15-21-11-7-5-8-12-21/h5-14H,1-4H3. The van der Waals surface area contributed by atoms with Gasteiger partial charge in [0.1, 0.15) is 0 Å². The maximum atomic E-state index is 13.0. The van der Waals surface area contributed by atoms with Crippen LogP contribution in [0, 0.1) is 39.5 Å². The Morgan fingerprint density at radius 2 is 1.11 bits per heavy atom. The molecule has 0 atom stereocenters. The summed E-state index contributed by atoms with van der Waals surface area (Å²) in [6.07, 6.45) is 0. The second kappa shape index (κ2) is 8.06. The number of carbonyl (C=O) groups excluding carboxylic acids is 2. The Kier molecular flexibility index (Phi) is 5.57. The van der Waals surface area contributed by atoms with E-state index < -0.39 is 11.6 Å². The van der Waals surface area contributed by atoms with E-state index in [4.69, 9.17) is 0 Å². The van der Waals surface area contributed by atoms with Crippen LogP contribution in [0.5, 0.6) is 0 Å². The highest BCUT2D eigenvalue weighted by atomic mass is 16.2. The third kappa shape index (κ3) is 3.66. The molecule has 0 N–H and O–H groups in total. The average molecular weight is 366 g/mol. The number of ketones is 2. The molecule has 0 aliphatic rings. The van der Waals surface area contributed by atoms with Gasteiger partial charge in [-0.3, -0.25) is 9.59 Å². The van der Waals surface area contributed by atoms with Crippen molar-refractivity contribution in [3.05, 3.63) is 105 Å². The summed E-state index contributed by atoms with van der Waals surface area (Å²) in [6, 6.07) is 18.5. The first-order chi connectivity index (χ1) is 13.4. The highest BCUT2D eigenvalue weighted by Crippen LogP contribution is 2.27. The summed E-state index contributed by atoms with van der Waals surface area (Å²) in [7, 11) is 0. The molecule has 0 bridgehead atoms. The van der Waals surface area contributed by atoms with Crippen molar-refractivity contribution in [1.82, 2.24) is 0 Å². The lowest BCUT2D eigenvalue weighted by molar-refractivity contribution is 0.0816. The van der Waals surface area contributed by atoms with Gasteiger partial charge in [-0.25, -0.2) is 0 Å². The molecule has 3 aromatic carbocycles. The van der Waals surface area contributed by atoms with Gasteiger partial charge in [0, 0.05) is 22.3 Å². The lowest BCUT2D eigenvalue weighted by atomic mass is 9.85. The molecule has 3 rings (SSSR count). The van der Waals surface area contributed by atoms with Crippen molar-refractivity contribution in [3.8, 4) is 11.8 Å². The van der Waals surface area contributed by atoms with Crippen molar-refractivity contribution in [2.24, 2.45) is 0 Å². The first-order valence-corrected chi connectivity index (χ1v) is 9.23. The van der Waals surface area contributed by atoms with E-state index in [9.17, 15) is 9.59 Å². The van der Waals surface area contributed by atoms with Gasteiger partial charge in [-0.2, -0.15) is 0 Å². The third-order valence-electron chi connectivity index (χ3n) is 5.20. The molecule has 0 saturated heterocycles. The Morgan fingerprint density at radius 1 is 0.607 bits per heavy atom. The minimum absolute atomic E-state index is 0.412. The zero-order valence-electron chi connectivity index (χ0n) is 16.6. The van der Waals surface area contributed by atoms with E-state index in [0.717, 1.165) is 33.4 Å². The minimum atomic E-state index is -0.478. The van der Waals surface area contributed by atoms with E-state index in [0.29, 0.717) is 11.1 Å². The maximum Gasteiger partial charge on any atom is 0.234 e. The number of benzene rings is 3. The zero-order chi connectivity index (χ0) is 20.3. The predicted molar refractivity (Wildman–Crippen MR) is 113 cm³/mol. The van der Waals surface area contributed by atoms with Gasteiger partial charge in [-0.15, -0.1) is 0 Å². The Bertz CT molecular complexity index is 1080. The summed E-state index contributed by atoms with van der Waals surface area (Å²) in [5.41, 5.74) is 6.28. The van der Waals surface area contributed by atoms with Crippen LogP contribution >= 0.6 is 0 Å². The third-order valence-corrected chi connectivity index (χ3v) is 5.20. The first-order valence-electron chi connectivity index (χ1n) is 9.23. The molecule has 0 saturated carbocycles. The number of hydrogen-bond acceptors (Lipinski definition) is 2. The van der Waals surface area contributed by atoms with Crippen LogP contribution in [0.25, 0.3) is 0 Å². The fourth-order valence-electron chi connectivity index (χ4n) is 3.33. The Balaban J connectivity index is 2.07. The molecule has 2 nitrogen and oxygen atoms in total. The largest absolute Gasteiger partial charge is 0.285 e. The van der Waals surface area contributed by atoms with Gasteiger partial charge in [-0.1, -0.05) is 60.4 Å². The van der Waals surface area contributed by atoms with Crippen LogP contribution in [0.4, 0.5) is 0 Å². The summed E-state index contributed by atoms with van der Waals surface area (Å²) >= 11 is 0. The second-order valence-corrected chi connectivity index (χ2v) is 6.89. The van der Waals surface area contributed by atoms with E-state index in [-0.39, 0.29) is 0 Å². The van der Waals surface area contributed by atoms with Gasteiger partial charge in [0.25, 0.3) is 0 Å². The quantitative estimate of drug-likeness (QED) is 0.354. The van der Waals surface area contributed by atoms with Crippen LogP contribution in [0.2, 0.25) is 0 Å². The molecule has 0 aromatic heterocycles. The highest BCUT2D eigenvalue weighted by Gasteiger charge is 2.25. The molecule has 138 valence electrons. The monoisotopic (exact) mass is 366 g/mol. The Hall–Kier alpha value is -3.44. The minimum Gasteiger partial charge on any atom is -0.285 e. The Labute approximate surface area is 166 Å². The lowest BCUT2D eigenvalue weighted by Gasteiger charge is -2.17. The summed E-state index contributed by atoms with van der Waals surface area (Å²) < 4.78 is 0. The van der Waals surface area contributed by atoms with Gasteiger partial charge in [0.15, 0.2) is 0 Å². The maximum absolute atomic E-state index is 13.0. The summed E-state index contributed by atoms with van der Waals surface area (Å²) in [5, 5.41) is 0. The first kappa shape index (κ1) is 19.3. The van der Waals surface area contributed by atoms with Crippen molar-refractivity contribution in [3.63, 3.8) is 0 Å². The molecule has 0 aliphatic carbocycles. The van der Waals surface area contributed by atoms with Gasteiger partial charge >= 0.3 is 0 Å². The van der Waals surface area contributed by atoms with Crippen LogP contribution in [0.1, 0.15) is 54.1 Å². The van der Waals surface area contributed by atoms with Crippen molar-refractivity contribution in [2.75, 3.05) is 0 Å². The van der Waals surface area contributed by atoms with Gasteiger partial charge in [0.2, 0.25) is 11.6 Å². The predicted octanol–water partition coefficient (Wildman–Crippen LogP) is 5.39. The smallest absolute Gasteiger partial charge is 0.234 e. The fraction of sp³-hybridized carbons (Fsp3) is 0.154. The summed E-state index contributed by atoms with van der Waals surface area (Å²) in [4.78, 5) is 25.7. The molecule has 0 heterocycles. The fourth-order valence-corrected chi connectivity index (χ4v) is 3.33. The van der Waals surface area contributed by atoms with Crippen molar-refractivity contribution >= 4 is 11.6 Å². The van der Waals surface area contributed by atoms with E-state index in [1.165, 1.54) is 0 Å². The SMILES string of the molecule is Cc1c(C)c(C(=O)C(=O)c2ccccc2)c(C)c(C)c1C#Cc1ccccc1. The van der Waals surface area contributed by atoms with Gasteiger partial charge in [-0.05, 0) is 62.1 Å². The number of carbonyl (C=O) groups is 2. The van der Waals surface area contributed by atoms with Crippen molar-refractivity contribution in [2.45, 2.75) is 27.7 Å². The topological polar surface area (TPSA) is 34.1 Å². The van der Waals surface area contributed by atoms with Crippen molar-refractivity contribution in [1.29, 1.82) is 0 Å². The molecule has 0 spiro atoms. The second-order valence-electron chi connectivity index (χ2n) is 6.89. The molecule has 3 aromatic rings. The highest BCUT2D eigenvalue weighted by molar-refractivity contribution is 6.49. The van der Waals surface area contributed by atoms with Crippen LogP contribution in [0.3, 0.4) is 0 Å². The molecule has 0 fully saturated rings. The van der Waals surface area contributed by atoms with E-state index >= 15 is 0 Å². The van der Waals surface area contributed by atoms with Gasteiger partial charge in [0.05, 0.1) is 0 Å². The molecular formula is C26H22O2. The molecular weight excluding hydrogens is 344 g/mol. The molecule has 2 heteroatoms. The summed E-state index contributed by atoms with van der Waals surface area (Å²) in [6.45, 7) is 7.70. The number of rotatable bonds is 3. The molecule has 0 amide bonds. The number of hydrogen-bond donors (Lipinski definition) is 0. The van der Waals surface area contributed by atoms with E-state index in [1.807, 2.05) is 64.1 Å². The molecule has 0 aliphatic heterocycles. The van der Waals surface area contributed by atoms with Crippen LogP contribution < -0.4 is 0 Å². The van der Waals surface area contributed by atoms with Crippen LogP contribution in [0.15, 0.2) is 60.7 Å². The van der Waals surface area contributed by atoms with E-state index in [1.54, 1.807) is 24.3 Å². The number of Topliss-reactive ketones (excluding diaryl/α,β-unsaturated/α-hetero) is 2. The molecule has 0 radical (unpaired) electrons. The van der Waals surface area contributed by atoms with Crippen molar-refractivity contribution < 1.29 is 9.59 Å². The normalized spacial score (nSPS) is 10.1. The van der Waals surface area contributed by atoms with Gasteiger partial charge < -0.3 is 0 Å². The van der Waals surface area contributed by atoms with Crippen LogP contribution in [-0.2, 0) is 0 Å². The summed E-state index contributed by atoms with van der Waals surface area (Å²) in [5.74, 6) is 5.51. The average Bonchev–Trinajstić information content (AvgIpc) is 2.73. The molecule has 0 unspecified atom stereocenters. The Morgan fingerprint density at radius 3 is 1.64 bits per heavy atom. The van der Waals surface area contributed by atoms with Crippen LogP contribution in [-0.4, -0.2) is 11.6 Å². The zero-order valence-corrected chi connectivity index (χ0v) is 16.6. The lowest BCUT2D eigenvalue weighted by Crippen LogP contribution is -2.19.